The van der Waals surface area contributed by atoms with E-state index < -0.39 is 0 Å². The van der Waals surface area contributed by atoms with Crippen LogP contribution in [0.15, 0.2) is 49.1 Å². The number of rotatable bonds is 0. The van der Waals surface area contributed by atoms with Gasteiger partial charge in [0.1, 0.15) is 0 Å². The first-order chi connectivity index (χ1) is 7.11. The highest BCUT2D eigenvalue weighted by molar-refractivity contribution is 5.17. The molecule has 1 N–H and O–H groups in total. The Kier molecular flexibility index (Phi) is 4.10. The summed E-state index contributed by atoms with van der Waals surface area (Å²) in [6.45, 7) is 6.61. The number of nitrogens with one attached hydrogen (secondary N) is 1. The molecule has 2 heterocycles. The molecule has 0 saturated carbocycles. The molecule has 2 rings (SSSR count). The minimum Gasteiger partial charge on any atom is -0.367 e. The van der Waals surface area contributed by atoms with Crippen molar-refractivity contribution in [2.24, 2.45) is 0 Å². The Hall–Kier alpha value is -1.57. The molecule has 2 aromatic rings. The molecule has 0 bridgehead atoms. The van der Waals surface area contributed by atoms with Gasteiger partial charge in [0.25, 0.3) is 0 Å². The summed E-state index contributed by atoms with van der Waals surface area (Å²) in [4.78, 5) is 6.82. The Balaban J connectivity index is 0.000000162. The Morgan fingerprint density at radius 1 is 1.07 bits per heavy atom. The van der Waals surface area contributed by atoms with E-state index in [1.165, 1.54) is 5.56 Å². The van der Waals surface area contributed by atoms with Gasteiger partial charge in [-0.25, -0.2) is 0 Å². The quantitative estimate of drug-likeness (QED) is 0.697. The molecule has 0 fully saturated rings. The molecule has 2 nitrogen and oxygen atoms in total. The molecule has 0 radical (unpaired) electrons. The first-order valence-corrected chi connectivity index (χ1v) is 5.09. The number of H-pyrrole nitrogens is 1. The summed E-state index contributed by atoms with van der Waals surface area (Å²) in [6, 6.07) is 7.83. The monoisotopic (exact) mass is 202 g/mol. The topological polar surface area (TPSA) is 28.7 Å². The molecule has 2 aromatic heterocycles. The molecule has 0 unspecified atom stereocenters. The van der Waals surface area contributed by atoms with Crippen LogP contribution in [0.3, 0.4) is 0 Å². The van der Waals surface area contributed by atoms with E-state index in [0.29, 0.717) is 5.41 Å². The first kappa shape index (κ1) is 11.5. The lowest BCUT2D eigenvalue weighted by atomic mass is 9.89. The summed E-state index contributed by atoms with van der Waals surface area (Å²) in [6.07, 6.45) is 7.50. The molecule has 0 atom stereocenters. The lowest BCUT2D eigenvalue weighted by molar-refractivity contribution is 0.591. The lowest BCUT2D eigenvalue weighted by Gasteiger charge is -2.15. The van der Waals surface area contributed by atoms with Crippen molar-refractivity contribution in [3.63, 3.8) is 0 Å². The predicted molar refractivity (Wildman–Crippen MR) is 63.7 cm³/mol. The third kappa shape index (κ3) is 4.45. The molecular formula is C13H18N2. The maximum Gasteiger partial charge on any atom is 0.0267 e. The Morgan fingerprint density at radius 3 is 1.93 bits per heavy atom. The largest absolute Gasteiger partial charge is 0.367 e. The summed E-state index contributed by atoms with van der Waals surface area (Å²) < 4.78 is 0. The van der Waals surface area contributed by atoms with Gasteiger partial charge in [-0.15, -0.1) is 0 Å². The molecule has 80 valence electrons. The van der Waals surface area contributed by atoms with Gasteiger partial charge in [0.2, 0.25) is 0 Å². The van der Waals surface area contributed by atoms with E-state index in [9.17, 15) is 0 Å². The minimum absolute atomic E-state index is 0.292. The van der Waals surface area contributed by atoms with Gasteiger partial charge >= 0.3 is 0 Å². The number of aromatic nitrogens is 2. The molecule has 0 saturated heterocycles. The van der Waals surface area contributed by atoms with Gasteiger partial charge < -0.3 is 4.98 Å². The van der Waals surface area contributed by atoms with Crippen molar-refractivity contribution >= 4 is 0 Å². The van der Waals surface area contributed by atoms with E-state index in [4.69, 9.17) is 0 Å². The fourth-order valence-corrected chi connectivity index (χ4v) is 1.10. The normalized spacial score (nSPS) is 10.3. The Morgan fingerprint density at radius 2 is 1.73 bits per heavy atom. The predicted octanol–water partition coefficient (Wildman–Crippen LogP) is 3.39. The summed E-state index contributed by atoms with van der Waals surface area (Å²) in [5.74, 6) is 0. The van der Waals surface area contributed by atoms with Gasteiger partial charge in [-0.1, -0.05) is 26.8 Å². The summed E-state index contributed by atoms with van der Waals surface area (Å²) >= 11 is 0. The number of aromatic amines is 1. The van der Waals surface area contributed by atoms with Crippen molar-refractivity contribution < 1.29 is 0 Å². The molecule has 0 aliphatic rings. The zero-order valence-electron chi connectivity index (χ0n) is 9.57. The van der Waals surface area contributed by atoms with Crippen LogP contribution in [-0.2, 0) is 5.41 Å². The highest BCUT2D eigenvalue weighted by atomic mass is 14.6. The molecule has 0 aromatic carbocycles. The number of hydrogen-bond donors (Lipinski definition) is 1. The van der Waals surface area contributed by atoms with E-state index >= 15 is 0 Å². The average Bonchev–Trinajstić information content (AvgIpc) is 2.73. The van der Waals surface area contributed by atoms with Crippen molar-refractivity contribution in [3.05, 3.63) is 54.6 Å². The summed E-state index contributed by atoms with van der Waals surface area (Å²) in [5, 5.41) is 0. The van der Waals surface area contributed by atoms with Crippen molar-refractivity contribution in [3.8, 4) is 0 Å². The second kappa shape index (κ2) is 5.35. The Labute approximate surface area is 91.4 Å². The molecular weight excluding hydrogens is 184 g/mol. The second-order valence-electron chi connectivity index (χ2n) is 4.37. The summed E-state index contributed by atoms with van der Waals surface area (Å²) in [5.41, 5.74) is 1.66. The molecule has 0 aliphatic carbocycles. The van der Waals surface area contributed by atoms with Crippen LogP contribution in [0.2, 0.25) is 0 Å². The smallest absolute Gasteiger partial charge is 0.0267 e. The van der Waals surface area contributed by atoms with Crippen molar-refractivity contribution in [2.75, 3.05) is 0 Å². The zero-order valence-corrected chi connectivity index (χ0v) is 9.57. The fourth-order valence-electron chi connectivity index (χ4n) is 1.10. The number of nitrogens with zero attached hydrogens (tertiary/aromatic N) is 1. The lowest BCUT2D eigenvalue weighted by Crippen LogP contribution is -2.08. The molecule has 0 aliphatic heterocycles. The van der Waals surface area contributed by atoms with Crippen LogP contribution in [0.4, 0.5) is 0 Å². The minimum atomic E-state index is 0.292. The van der Waals surface area contributed by atoms with Gasteiger partial charge in [-0.05, 0) is 29.2 Å². The van der Waals surface area contributed by atoms with Crippen LogP contribution in [0.25, 0.3) is 0 Å². The number of pyridine rings is 1. The van der Waals surface area contributed by atoms with Crippen LogP contribution in [0, 0.1) is 0 Å². The fraction of sp³-hybridized carbons (Fsp3) is 0.308. The third-order valence-electron chi connectivity index (χ3n) is 2.03. The SMILES string of the molecule is CC(C)(C)c1cc[nH]c1.c1ccncc1. The van der Waals surface area contributed by atoms with E-state index in [0.717, 1.165) is 0 Å². The van der Waals surface area contributed by atoms with E-state index in [-0.39, 0.29) is 0 Å². The highest BCUT2D eigenvalue weighted by Gasteiger charge is 2.12. The van der Waals surface area contributed by atoms with Crippen molar-refractivity contribution in [2.45, 2.75) is 26.2 Å². The summed E-state index contributed by atoms with van der Waals surface area (Å²) in [7, 11) is 0. The first-order valence-electron chi connectivity index (χ1n) is 5.09. The molecule has 15 heavy (non-hydrogen) atoms. The van der Waals surface area contributed by atoms with Crippen LogP contribution in [-0.4, -0.2) is 9.97 Å². The average molecular weight is 202 g/mol. The standard InChI is InChI=1S/C8H13N.C5H5N/c1-8(2,3)7-4-5-9-6-7;1-2-4-6-5-3-1/h4-6,9H,1-3H3;1-5H. The maximum atomic E-state index is 3.78. The van der Waals surface area contributed by atoms with Crippen LogP contribution < -0.4 is 0 Å². The van der Waals surface area contributed by atoms with Gasteiger partial charge in [0.05, 0.1) is 0 Å². The Bertz CT molecular complexity index is 317. The molecule has 2 heteroatoms. The van der Waals surface area contributed by atoms with Crippen LogP contribution >= 0.6 is 0 Å². The third-order valence-corrected chi connectivity index (χ3v) is 2.03. The van der Waals surface area contributed by atoms with Crippen molar-refractivity contribution in [1.82, 2.24) is 9.97 Å². The van der Waals surface area contributed by atoms with Gasteiger partial charge in [-0.2, -0.15) is 0 Å². The zero-order chi connectivity index (χ0) is 11.1. The second-order valence-corrected chi connectivity index (χ2v) is 4.37. The van der Waals surface area contributed by atoms with E-state index in [1.54, 1.807) is 12.4 Å². The van der Waals surface area contributed by atoms with Gasteiger partial charge in [0, 0.05) is 24.8 Å². The van der Waals surface area contributed by atoms with Crippen LogP contribution in [0.5, 0.6) is 0 Å². The van der Waals surface area contributed by atoms with Crippen LogP contribution in [0.1, 0.15) is 26.3 Å². The van der Waals surface area contributed by atoms with E-state index in [1.807, 2.05) is 30.6 Å². The number of hydrogen-bond acceptors (Lipinski definition) is 1. The molecule has 0 amide bonds. The maximum absolute atomic E-state index is 3.78. The van der Waals surface area contributed by atoms with Gasteiger partial charge in [-0.3, -0.25) is 4.98 Å². The van der Waals surface area contributed by atoms with Crippen molar-refractivity contribution in [1.29, 1.82) is 0 Å². The highest BCUT2D eigenvalue weighted by Crippen LogP contribution is 2.20. The molecule has 0 spiro atoms. The van der Waals surface area contributed by atoms with E-state index in [2.05, 4.69) is 36.8 Å². The van der Waals surface area contributed by atoms with Gasteiger partial charge in [0.15, 0.2) is 0 Å².